The Kier molecular flexibility index (Phi) is 3.99. The highest BCUT2D eigenvalue weighted by Crippen LogP contribution is 2.19. The van der Waals surface area contributed by atoms with Gasteiger partial charge in [-0.3, -0.25) is 4.90 Å². The van der Waals surface area contributed by atoms with E-state index in [1.165, 1.54) is 11.9 Å². The molecule has 2 aromatic carbocycles. The smallest absolute Gasteiger partial charge is 0.399 e. The first-order valence-corrected chi connectivity index (χ1v) is 7.22. The quantitative estimate of drug-likeness (QED) is 0.505. The molecule has 0 fully saturated rings. The van der Waals surface area contributed by atoms with Crippen LogP contribution < -0.4 is 16.0 Å². The molecular weight excluding hydrogens is 294 g/mol. The van der Waals surface area contributed by atoms with Crippen molar-refractivity contribution < 1.29 is 14.3 Å². The molecule has 3 N–H and O–H groups in total. The predicted molar refractivity (Wildman–Crippen MR) is 87.1 cm³/mol. The molecule has 118 valence electrons. The molecule has 1 amide bonds. The Morgan fingerprint density at radius 1 is 1.09 bits per heavy atom. The third-order valence-corrected chi connectivity index (χ3v) is 3.81. The number of esters is 1. The first kappa shape index (κ1) is 15.1. The molecule has 0 aliphatic carbocycles. The predicted octanol–water partition coefficient (Wildman–Crippen LogP) is 2.29. The molecule has 1 heterocycles. The number of nitrogens with one attached hydrogen (secondary N) is 1. The molecule has 6 heteroatoms. The summed E-state index contributed by atoms with van der Waals surface area (Å²) in [6.45, 7) is 1.51. The Labute approximate surface area is 133 Å². The SMILES string of the molecule is CN(C(=O)OC(=O)c1ccc2c(c1)CNC2)c1ccc(N)cc1. The Morgan fingerprint density at radius 3 is 2.52 bits per heavy atom. The van der Waals surface area contributed by atoms with Gasteiger partial charge in [-0.15, -0.1) is 0 Å². The van der Waals surface area contributed by atoms with E-state index in [1.807, 2.05) is 6.07 Å². The molecule has 0 unspecified atom stereocenters. The number of carbonyl (C=O) groups is 2. The van der Waals surface area contributed by atoms with Crippen LogP contribution in [-0.2, 0) is 17.8 Å². The number of nitrogens with zero attached hydrogens (tertiary/aromatic N) is 1. The normalized spacial score (nSPS) is 12.6. The van der Waals surface area contributed by atoms with E-state index in [1.54, 1.807) is 36.4 Å². The number of nitrogens with two attached hydrogens (primary N) is 1. The Bertz CT molecular complexity index is 756. The van der Waals surface area contributed by atoms with Crippen LogP contribution in [0.2, 0.25) is 0 Å². The lowest BCUT2D eigenvalue weighted by Gasteiger charge is -2.16. The standard InChI is InChI=1S/C17H17N3O3/c1-20(15-6-4-14(18)5-7-15)17(22)23-16(21)11-2-3-12-9-19-10-13(12)8-11/h2-8,19H,9-10,18H2,1H3. The number of hydrogen-bond acceptors (Lipinski definition) is 5. The first-order chi connectivity index (χ1) is 11.0. The van der Waals surface area contributed by atoms with E-state index in [0.29, 0.717) is 16.9 Å². The van der Waals surface area contributed by atoms with Crippen LogP contribution in [-0.4, -0.2) is 19.1 Å². The van der Waals surface area contributed by atoms with E-state index in [2.05, 4.69) is 5.32 Å². The van der Waals surface area contributed by atoms with Gasteiger partial charge >= 0.3 is 12.1 Å². The van der Waals surface area contributed by atoms with Crippen molar-refractivity contribution in [2.24, 2.45) is 0 Å². The van der Waals surface area contributed by atoms with E-state index in [9.17, 15) is 9.59 Å². The minimum atomic E-state index is -0.738. The van der Waals surface area contributed by atoms with Crippen LogP contribution >= 0.6 is 0 Å². The summed E-state index contributed by atoms with van der Waals surface area (Å²) >= 11 is 0. The fourth-order valence-electron chi connectivity index (χ4n) is 2.43. The second-order valence-electron chi connectivity index (χ2n) is 5.39. The summed E-state index contributed by atoms with van der Waals surface area (Å²) in [6.07, 6.45) is -0.738. The second-order valence-corrected chi connectivity index (χ2v) is 5.39. The van der Waals surface area contributed by atoms with Gasteiger partial charge in [0.05, 0.1) is 5.56 Å². The zero-order valence-electron chi connectivity index (χ0n) is 12.7. The fourth-order valence-corrected chi connectivity index (χ4v) is 2.43. The molecule has 6 nitrogen and oxygen atoms in total. The van der Waals surface area contributed by atoms with Gasteiger partial charge in [-0.2, -0.15) is 0 Å². The summed E-state index contributed by atoms with van der Waals surface area (Å²) in [6, 6.07) is 12.0. The lowest BCUT2D eigenvalue weighted by molar-refractivity contribution is 0.0635. The Hall–Kier alpha value is -2.86. The van der Waals surface area contributed by atoms with E-state index in [0.717, 1.165) is 24.2 Å². The fraction of sp³-hybridized carbons (Fsp3) is 0.176. The van der Waals surface area contributed by atoms with Gasteiger partial charge in [0.2, 0.25) is 0 Å². The molecule has 3 rings (SSSR count). The van der Waals surface area contributed by atoms with Crippen molar-refractivity contribution in [1.29, 1.82) is 0 Å². The highest BCUT2D eigenvalue weighted by molar-refractivity contribution is 6.01. The molecule has 0 aromatic heterocycles. The number of benzene rings is 2. The summed E-state index contributed by atoms with van der Waals surface area (Å²) in [5, 5.41) is 3.20. The Morgan fingerprint density at radius 2 is 1.78 bits per heavy atom. The van der Waals surface area contributed by atoms with Crippen LogP contribution in [0, 0.1) is 0 Å². The van der Waals surface area contributed by atoms with Crippen LogP contribution in [0.25, 0.3) is 0 Å². The van der Waals surface area contributed by atoms with Crippen molar-refractivity contribution in [1.82, 2.24) is 5.32 Å². The number of ether oxygens (including phenoxy) is 1. The minimum absolute atomic E-state index is 0.367. The van der Waals surface area contributed by atoms with E-state index in [-0.39, 0.29) is 0 Å². The van der Waals surface area contributed by atoms with Crippen LogP contribution in [0.3, 0.4) is 0 Å². The molecule has 0 radical (unpaired) electrons. The molecule has 0 spiro atoms. The number of hydrogen-bond donors (Lipinski definition) is 2. The maximum Gasteiger partial charge on any atom is 0.422 e. The van der Waals surface area contributed by atoms with Gasteiger partial charge in [0.1, 0.15) is 0 Å². The summed E-state index contributed by atoms with van der Waals surface area (Å²) in [7, 11) is 1.54. The van der Waals surface area contributed by atoms with Gasteiger partial charge in [-0.05, 0) is 47.5 Å². The van der Waals surface area contributed by atoms with Gasteiger partial charge in [-0.25, -0.2) is 9.59 Å². The van der Waals surface area contributed by atoms with E-state index >= 15 is 0 Å². The molecular formula is C17H17N3O3. The van der Waals surface area contributed by atoms with Crippen LogP contribution in [0.5, 0.6) is 0 Å². The lowest BCUT2D eigenvalue weighted by Crippen LogP contribution is -2.29. The minimum Gasteiger partial charge on any atom is -0.399 e. The Balaban J connectivity index is 1.69. The third-order valence-electron chi connectivity index (χ3n) is 3.81. The highest BCUT2D eigenvalue weighted by Gasteiger charge is 2.20. The van der Waals surface area contributed by atoms with Crippen molar-refractivity contribution >= 4 is 23.4 Å². The molecule has 1 aliphatic heterocycles. The highest BCUT2D eigenvalue weighted by atomic mass is 16.6. The molecule has 0 saturated carbocycles. The van der Waals surface area contributed by atoms with Gasteiger partial charge in [0, 0.05) is 31.5 Å². The van der Waals surface area contributed by atoms with Crippen molar-refractivity contribution in [3.63, 3.8) is 0 Å². The van der Waals surface area contributed by atoms with E-state index < -0.39 is 12.1 Å². The average Bonchev–Trinajstić information content (AvgIpc) is 3.02. The molecule has 23 heavy (non-hydrogen) atoms. The number of anilines is 2. The monoisotopic (exact) mass is 311 g/mol. The topological polar surface area (TPSA) is 84.7 Å². The van der Waals surface area contributed by atoms with Crippen molar-refractivity contribution in [2.45, 2.75) is 13.1 Å². The van der Waals surface area contributed by atoms with Crippen LogP contribution in [0.1, 0.15) is 21.5 Å². The summed E-state index contributed by atoms with van der Waals surface area (Å²) in [5.41, 5.74) is 9.38. The van der Waals surface area contributed by atoms with Gasteiger partial charge in [0.25, 0.3) is 0 Å². The zero-order valence-corrected chi connectivity index (χ0v) is 12.7. The average molecular weight is 311 g/mol. The number of carbonyl (C=O) groups excluding carboxylic acids is 2. The van der Waals surface area contributed by atoms with E-state index in [4.69, 9.17) is 10.5 Å². The molecule has 0 saturated heterocycles. The molecule has 1 aliphatic rings. The number of rotatable bonds is 2. The van der Waals surface area contributed by atoms with Crippen LogP contribution in [0.15, 0.2) is 42.5 Å². The maximum atomic E-state index is 12.1. The zero-order chi connectivity index (χ0) is 16.4. The van der Waals surface area contributed by atoms with Crippen LogP contribution in [0.4, 0.5) is 16.2 Å². The van der Waals surface area contributed by atoms with Gasteiger partial charge in [-0.1, -0.05) is 6.07 Å². The summed E-state index contributed by atoms with van der Waals surface area (Å²) < 4.78 is 4.94. The van der Waals surface area contributed by atoms with Crippen molar-refractivity contribution in [3.8, 4) is 0 Å². The van der Waals surface area contributed by atoms with Crippen molar-refractivity contribution in [2.75, 3.05) is 17.7 Å². The molecule has 0 atom stereocenters. The molecule has 0 bridgehead atoms. The largest absolute Gasteiger partial charge is 0.422 e. The number of fused-ring (bicyclic) bond motifs is 1. The van der Waals surface area contributed by atoms with Gasteiger partial charge in [0.15, 0.2) is 0 Å². The second kappa shape index (κ2) is 6.10. The first-order valence-electron chi connectivity index (χ1n) is 7.22. The maximum absolute atomic E-state index is 12.1. The van der Waals surface area contributed by atoms with Gasteiger partial charge < -0.3 is 15.8 Å². The lowest BCUT2D eigenvalue weighted by atomic mass is 10.1. The molecule has 2 aromatic rings. The summed E-state index contributed by atoms with van der Waals surface area (Å²) in [5.74, 6) is -0.660. The van der Waals surface area contributed by atoms with Crippen molar-refractivity contribution in [3.05, 3.63) is 59.2 Å². The number of nitrogen functional groups attached to an aromatic ring is 1. The third kappa shape index (κ3) is 3.17. The number of amides is 1. The summed E-state index contributed by atoms with van der Waals surface area (Å²) in [4.78, 5) is 25.5.